The summed E-state index contributed by atoms with van der Waals surface area (Å²) in [5.74, 6) is -0.857. The number of benzene rings is 1. The lowest BCUT2D eigenvalue weighted by Gasteiger charge is -2.35. The van der Waals surface area contributed by atoms with Crippen LogP contribution in [0.2, 0.25) is 0 Å². The summed E-state index contributed by atoms with van der Waals surface area (Å²) in [6.45, 7) is 3.82. The number of piperidine rings is 1. The molecule has 1 saturated heterocycles. The van der Waals surface area contributed by atoms with Crippen LogP contribution in [0.15, 0.2) is 30.3 Å². The van der Waals surface area contributed by atoms with Gasteiger partial charge in [-0.25, -0.2) is 0 Å². The fraction of sp³-hybridized carbons (Fsp3) is 0.500. The van der Waals surface area contributed by atoms with Gasteiger partial charge in [0, 0.05) is 12.6 Å². The number of nitrogens with zero attached hydrogens (tertiary/aromatic N) is 1. The van der Waals surface area contributed by atoms with E-state index < -0.39 is 5.97 Å². The number of hydrogen-bond acceptors (Lipinski definition) is 2. The molecular weight excluding hydrogens is 214 g/mol. The Bertz CT molecular complexity index is 377. The minimum atomic E-state index is -0.657. The summed E-state index contributed by atoms with van der Waals surface area (Å²) in [5.41, 5.74) is 1.26. The normalized spacial score (nSPS) is 23.2. The zero-order chi connectivity index (χ0) is 12.3. The summed E-state index contributed by atoms with van der Waals surface area (Å²) >= 11 is 0. The summed E-state index contributed by atoms with van der Waals surface area (Å²) in [7, 11) is 0. The first-order valence-corrected chi connectivity index (χ1v) is 6.20. The van der Waals surface area contributed by atoms with E-state index in [0.29, 0.717) is 12.6 Å². The lowest BCUT2D eigenvalue weighted by molar-refractivity contribution is -0.143. The molecule has 2 rings (SSSR count). The number of carbonyl (C=O) groups is 1. The van der Waals surface area contributed by atoms with Crippen molar-refractivity contribution in [1.82, 2.24) is 4.90 Å². The van der Waals surface area contributed by atoms with Gasteiger partial charge in [0.25, 0.3) is 0 Å². The van der Waals surface area contributed by atoms with Gasteiger partial charge >= 0.3 is 5.97 Å². The Morgan fingerprint density at radius 2 is 2.12 bits per heavy atom. The highest BCUT2D eigenvalue weighted by molar-refractivity contribution is 5.70. The van der Waals surface area contributed by atoms with Crippen molar-refractivity contribution < 1.29 is 9.90 Å². The first-order valence-electron chi connectivity index (χ1n) is 6.20. The maximum absolute atomic E-state index is 11.0. The first kappa shape index (κ1) is 12.1. The van der Waals surface area contributed by atoms with Gasteiger partial charge in [-0.3, -0.25) is 9.69 Å². The molecule has 0 amide bonds. The Hall–Kier alpha value is -1.35. The molecule has 1 heterocycles. The second-order valence-corrected chi connectivity index (χ2v) is 4.76. The lowest BCUT2D eigenvalue weighted by Crippen LogP contribution is -2.40. The third kappa shape index (κ3) is 2.86. The van der Waals surface area contributed by atoms with Crippen LogP contribution in [-0.2, 0) is 4.79 Å². The molecule has 1 fully saturated rings. The van der Waals surface area contributed by atoms with Gasteiger partial charge in [0.05, 0.1) is 5.92 Å². The molecule has 0 aliphatic carbocycles. The molecule has 1 aromatic rings. The summed E-state index contributed by atoms with van der Waals surface area (Å²) in [4.78, 5) is 13.3. The van der Waals surface area contributed by atoms with Crippen LogP contribution in [0.1, 0.15) is 31.4 Å². The Labute approximate surface area is 102 Å². The van der Waals surface area contributed by atoms with Gasteiger partial charge in [0.1, 0.15) is 0 Å². The molecule has 1 aliphatic heterocycles. The fourth-order valence-corrected chi connectivity index (χ4v) is 2.50. The maximum atomic E-state index is 11.0. The predicted molar refractivity (Wildman–Crippen MR) is 66.8 cm³/mol. The predicted octanol–water partition coefficient (Wildman–Crippen LogP) is 2.54. The third-order valence-electron chi connectivity index (χ3n) is 3.63. The van der Waals surface area contributed by atoms with Gasteiger partial charge in [0.15, 0.2) is 0 Å². The summed E-state index contributed by atoms with van der Waals surface area (Å²) < 4.78 is 0. The van der Waals surface area contributed by atoms with Crippen molar-refractivity contribution in [2.45, 2.75) is 25.8 Å². The van der Waals surface area contributed by atoms with E-state index in [9.17, 15) is 4.79 Å². The van der Waals surface area contributed by atoms with Crippen LogP contribution >= 0.6 is 0 Å². The van der Waals surface area contributed by atoms with Crippen LogP contribution in [0.4, 0.5) is 0 Å². The molecule has 17 heavy (non-hydrogen) atoms. The second kappa shape index (κ2) is 5.32. The molecular formula is C14H19NO2. The SMILES string of the molecule is CC(c1ccccc1)N1CCCC(C(=O)O)C1. The highest BCUT2D eigenvalue weighted by Crippen LogP contribution is 2.26. The molecule has 0 aromatic heterocycles. The summed E-state index contributed by atoms with van der Waals surface area (Å²) in [6, 6.07) is 10.6. The Morgan fingerprint density at radius 1 is 1.41 bits per heavy atom. The Kier molecular flexibility index (Phi) is 3.79. The van der Waals surface area contributed by atoms with Gasteiger partial charge in [-0.05, 0) is 31.9 Å². The van der Waals surface area contributed by atoms with Crippen LogP contribution < -0.4 is 0 Å². The van der Waals surface area contributed by atoms with Crippen LogP contribution in [0.25, 0.3) is 0 Å². The van der Waals surface area contributed by atoms with E-state index in [-0.39, 0.29) is 5.92 Å². The third-order valence-corrected chi connectivity index (χ3v) is 3.63. The number of rotatable bonds is 3. The lowest BCUT2D eigenvalue weighted by atomic mass is 9.95. The van der Waals surface area contributed by atoms with Gasteiger partial charge in [0.2, 0.25) is 0 Å². The average Bonchev–Trinajstić information content (AvgIpc) is 2.39. The smallest absolute Gasteiger partial charge is 0.307 e. The number of carboxylic acids is 1. The molecule has 92 valence electrons. The van der Waals surface area contributed by atoms with Crippen LogP contribution in [0.3, 0.4) is 0 Å². The van der Waals surface area contributed by atoms with Crippen molar-refractivity contribution in [3.8, 4) is 0 Å². The molecule has 1 aromatic carbocycles. The second-order valence-electron chi connectivity index (χ2n) is 4.76. The van der Waals surface area contributed by atoms with Crippen molar-refractivity contribution in [3.05, 3.63) is 35.9 Å². The minimum Gasteiger partial charge on any atom is -0.481 e. The van der Waals surface area contributed by atoms with E-state index in [1.807, 2.05) is 18.2 Å². The van der Waals surface area contributed by atoms with Gasteiger partial charge < -0.3 is 5.11 Å². The van der Waals surface area contributed by atoms with Crippen LogP contribution in [-0.4, -0.2) is 29.1 Å². The molecule has 3 nitrogen and oxygen atoms in total. The highest BCUT2D eigenvalue weighted by Gasteiger charge is 2.28. The molecule has 0 radical (unpaired) electrons. The molecule has 0 saturated carbocycles. The average molecular weight is 233 g/mol. The van der Waals surface area contributed by atoms with Crippen molar-refractivity contribution in [3.63, 3.8) is 0 Å². The van der Waals surface area contributed by atoms with E-state index in [2.05, 4.69) is 24.0 Å². The van der Waals surface area contributed by atoms with E-state index in [0.717, 1.165) is 19.4 Å². The zero-order valence-corrected chi connectivity index (χ0v) is 10.2. The van der Waals surface area contributed by atoms with E-state index in [1.165, 1.54) is 5.56 Å². The molecule has 0 spiro atoms. The van der Waals surface area contributed by atoms with Gasteiger partial charge in [-0.15, -0.1) is 0 Å². The summed E-state index contributed by atoms with van der Waals surface area (Å²) in [6.07, 6.45) is 1.79. The Morgan fingerprint density at radius 3 is 2.76 bits per heavy atom. The monoisotopic (exact) mass is 233 g/mol. The quantitative estimate of drug-likeness (QED) is 0.872. The number of aliphatic carboxylic acids is 1. The van der Waals surface area contributed by atoms with Crippen molar-refractivity contribution in [2.75, 3.05) is 13.1 Å². The largest absolute Gasteiger partial charge is 0.481 e. The van der Waals surface area contributed by atoms with E-state index in [4.69, 9.17) is 5.11 Å². The minimum absolute atomic E-state index is 0.199. The van der Waals surface area contributed by atoms with E-state index >= 15 is 0 Å². The summed E-state index contributed by atoms with van der Waals surface area (Å²) in [5, 5.41) is 9.08. The maximum Gasteiger partial charge on any atom is 0.307 e. The first-order chi connectivity index (χ1) is 8.18. The van der Waals surface area contributed by atoms with Crippen molar-refractivity contribution >= 4 is 5.97 Å². The van der Waals surface area contributed by atoms with Crippen molar-refractivity contribution in [2.24, 2.45) is 5.92 Å². The van der Waals surface area contributed by atoms with Gasteiger partial charge in [-0.2, -0.15) is 0 Å². The molecule has 0 bridgehead atoms. The standard InChI is InChI=1S/C14H19NO2/c1-11(12-6-3-2-4-7-12)15-9-5-8-13(10-15)14(16)17/h2-4,6-7,11,13H,5,8-10H2,1H3,(H,16,17). The van der Waals surface area contributed by atoms with Gasteiger partial charge in [-0.1, -0.05) is 30.3 Å². The highest BCUT2D eigenvalue weighted by atomic mass is 16.4. The zero-order valence-electron chi connectivity index (χ0n) is 10.2. The molecule has 2 atom stereocenters. The molecule has 2 unspecified atom stereocenters. The van der Waals surface area contributed by atoms with Crippen LogP contribution in [0, 0.1) is 5.92 Å². The molecule has 1 aliphatic rings. The molecule has 1 N–H and O–H groups in total. The topological polar surface area (TPSA) is 40.5 Å². The van der Waals surface area contributed by atoms with Crippen LogP contribution in [0.5, 0.6) is 0 Å². The number of hydrogen-bond donors (Lipinski definition) is 1. The number of carboxylic acid groups (broad SMARTS) is 1. The van der Waals surface area contributed by atoms with E-state index in [1.54, 1.807) is 0 Å². The fourth-order valence-electron chi connectivity index (χ4n) is 2.50. The van der Waals surface area contributed by atoms with Crippen molar-refractivity contribution in [1.29, 1.82) is 0 Å². The molecule has 3 heteroatoms. The Balaban J connectivity index is 2.05. The number of likely N-dealkylation sites (tertiary alicyclic amines) is 1.